The summed E-state index contributed by atoms with van der Waals surface area (Å²) in [5.74, 6) is -0.0883. The van der Waals surface area contributed by atoms with E-state index in [1.54, 1.807) is 0 Å². The summed E-state index contributed by atoms with van der Waals surface area (Å²) in [6, 6.07) is 17.7. The first-order valence-electron chi connectivity index (χ1n) is 7.78. The first-order valence-corrected chi connectivity index (χ1v) is 7.78. The molecule has 0 heterocycles. The van der Waals surface area contributed by atoms with Crippen molar-refractivity contribution < 1.29 is 9.90 Å². The van der Waals surface area contributed by atoms with Crippen molar-refractivity contribution >= 4 is 5.91 Å². The lowest BCUT2D eigenvalue weighted by Crippen LogP contribution is -2.36. The zero-order chi connectivity index (χ0) is 16.7. The highest BCUT2D eigenvalue weighted by Gasteiger charge is 2.11. The largest absolute Gasteiger partial charge is 0.387 e. The molecule has 0 radical (unpaired) electrons. The van der Waals surface area contributed by atoms with Crippen molar-refractivity contribution in [3.63, 3.8) is 0 Å². The number of nitrogens with one attached hydrogen (secondary N) is 1. The minimum Gasteiger partial charge on any atom is -0.387 e. The number of hydrogen-bond acceptors (Lipinski definition) is 3. The maximum absolute atomic E-state index is 12.0. The van der Waals surface area contributed by atoms with Crippen LogP contribution in [0.3, 0.4) is 0 Å². The van der Waals surface area contributed by atoms with Crippen LogP contribution < -0.4 is 5.32 Å². The molecule has 1 amide bonds. The number of amides is 1. The van der Waals surface area contributed by atoms with Crippen molar-refractivity contribution in [3.05, 3.63) is 71.3 Å². The van der Waals surface area contributed by atoms with Gasteiger partial charge in [-0.05, 0) is 25.1 Å². The third kappa shape index (κ3) is 5.85. The van der Waals surface area contributed by atoms with Gasteiger partial charge in [-0.1, -0.05) is 60.2 Å². The topological polar surface area (TPSA) is 52.6 Å². The van der Waals surface area contributed by atoms with E-state index in [2.05, 4.69) is 5.32 Å². The average molecular weight is 312 g/mol. The molecule has 0 aliphatic rings. The molecule has 2 rings (SSSR count). The maximum Gasteiger partial charge on any atom is 0.234 e. The van der Waals surface area contributed by atoms with E-state index in [1.165, 1.54) is 5.56 Å². The predicted octanol–water partition coefficient (Wildman–Crippen LogP) is 2.28. The van der Waals surface area contributed by atoms with Gasteiger partial charge in [0.15, 0.2) is 0 Å². The van der Waals surface area contributed by atoms with E-state index in [9.17, 15) is 9.90 Å². The fraction of sp³-hybridized carbons (Fsp3) is 0.316. The van der Waals surface area contributed by atoms with Gasteiger partial charge in [-0.2, -0.15) is 0 Å². The van der Waals surface area contributed by atoms with E-state index in [4.69, 9.17) is 0 Å². The molecule has 122 valence electrons. The smallest absolute Gasteiger partial charge is 0.234 e. The van der Waals surface area contributed by atoms with Crippen molar-refractivity contribution in [1.29, 1.82) is 0 Å². The maximum atomic E-state index is 12.0. The Hall–Kier alpha value is -2.17. The molecule has 1 atom stereocenters. The summed E-state index contributed by atoms with van der Waals surface area (Å²) in [6.07, 6.45) is -0.682. The van der Waals surface area contributed by atoms with Gasteiger partial charge in [0.25, 0.3) is 0 Å². The molecule has 0 aliphatic carbocycles. The molecule has 1 unspecified atom stereocenters. The molecule has 0 bridgehead atoms. The molecule has 0 aromatic heterocycles. The van der Waals surface area contributed by atoms with Gasteiger partial charge in [0.05, 0.1) is 12.6 Å². The van der Waals surface area contributed by atoms with Gasteiger partial charge < -0.3 is 10.4 Å². The minimum atomic E-state index is -0.682. The molecule has 2 aromatic rings. The first kappa shape index (κ1) is 17.2. The Morgan fingerprint density at radius 3 is 2.43 bits per heavy atom. The van der Waals surface area contributed by atoms with Gasteiger partial charge in [-0.3, -0.25) is 9.69 Å². The van der Waals surface area contributed by atoms with Crippen LogP contribution in [0.1, 0.15) is 22.8 Å². The van der Waals surface area contributed by atoms with Crippen LogP contribution in [0, 0.1) is 6.92 Å². The van der Waals surface area contributed by atoms with Crippen LogP contribution in [0.5, 0.6) is 0 Å². The van der Waals surface area contributed by atoms with Crippen LogP contribution in [0.25, 0.3) is 0 Å². The first-order chi connectivity index (χ1) is 11.0. The Balaban J connectivity index is 1.75. The van der Waals surface area contributed by atoms with Crippen molar-refractivity contribution in [3.8, 4) is 0 Å². The van der Waals surface area contributed by atoms with Crippen LogP contribution in [0.4, 0.5) is 0 Å². The van der Waals surface area contributed by atoms with E-state index in [-0.39, 0.29) is 12.5 Å². The van der Waals surface area contributed by atoms with Crippen molar-refractivity contribution in [2.45, 2.75) is 19.6 Å². The molecule has 2 N–H and O–H groups in total. The van der Waals surface area contributed by atoms with E-state index in [1.807, 2.05) is 73.5 Å². The molecule has 23 heavy (non-hydrogen) atoms. The lowest BCUT2D eigenvalue weighted by Gasteiger charge is -2.17. The lowest BCUT2D eigenvalue weighted by atomic mass is 10.1. The highest BCUT2D eigenvalue weighted by molar-refractivity contribution is 5.78. The summed E-state index contributed by atoms with van der Waals surface area (Å²) >= 11 is 0. The Labute approximate surface area is 137 Å². The summed E-state index contributed by atoms with van der Waals surface area (Å²) in [6.45, 7) is 3.24. The summed E-state index contributed by atoms with van der Waals surface area (Å²) in [4.78, 5) is 13.9. The van der Waals surface area contributed by atoms with E-state index in [0.717, 1.165) is 17.7 Å². The van der Waals surface area contributed by atoms with Gasteiger partial charge in [-0.15, -0.1) is 0 Å². The van der Waals surface area contributed by atoms with Crippen LogP contribution in [-0.2, 0) is 11.3 Å². The van der Waals surface area contributed by atoms with Crippen LogP contribution in [0.2, 0.25) is 0 Å². The van der Waals surface area contributed by atoms with Gasteiger partial charge in [0.2, 0.25) is 5.91 Å². The van der Waals surface area contributed by atoms with E-state index >= 15 is 0 Å². The third-order valence-corrected chi connectivity index (χ3v) is 3.66. The molecule has 0 aliphatic heterocycles. The Morgan fingerprint density at radius 2 is 1.78 bits per heavy atom. The molecule has 0 spiro atoms. The second kappa shape index (κ2) is 8.46. The second-order valence-corrected chi connectivity index (χ2v) is 5.89. The summed E-state index contributed by atoms with van der Waals surface area (Å²) < 4.78 is 0. The fourth-order valence-corrected chi connectivity index (χ4v) is 2.37. The van der Waals surface area contributed by atoms with Gasteiger partial charge in [0, 0.05) is 13.1 Å². The molecule has 2 aromatic carbocycles. The monoisotopic (exact) mass is 312 g/mol. The number of benzene rings is 2. The van der Waals surface area contributed by atoms with Crippen molar-refractivity contribution in [2.75, 3.05) is 20.1 Å². The number of aliphatic hydroxyl groups excluding tert-OH is 1. The zero-order valence-corrected chi connectivity index (χ0v) is 13.7. The quantitative estimate of drug-likeness (QED) is 0.825. The highest BCUT2D eigenvalue weighted by Crippen LogP contribution is 2.12. The van der Waals surface area contributed by atoms with Crippen molar-refractivity contribution in [1.82, 2.24) is 10.2 Å². The molecule has 4 nitrogen and oxygen atoms in total. The highest BCUT2D eigenvalue weighted by atomic mass is 16.3. The second-order valence-electron chi connectivity index (χ2n) is 5.89. The minimum absolute atomic E-state index is 0.0883. The van der Waals surface area contributed by atoms with Gasteiger partial charge in [0.1, 0.15) is 0 Å². The number of hydrogen-bond donors (Lipinski definition) is 2. The van der Waals surface area contributed by atoms with Gasteiger partial charge >= 0.3 is 0 Å². The molecular weight excluding hydrogens is 288 g/mol. The number of nitrogens with zero attached hydrogens (tertiary/aromatic N) is 1. The number of carbonyl (C=O) groups excluding carboxylic acids is 1. The van der Waals surface area contributed by atoms with Crippen molar-refractivity contribution in [2.24, 2.45) is 0 Å². The SMILES string of the molecule is Cc1ccc(C(O)CNC(=O)CN(C)Cc2ccccc2)cc1. The summed E-state index contributed by atoms with van der Waals surface area (Å²) in [5.41, 5.74) is 3.13. The number of rotatable bonds is 7. The molecule has 4 heteroatoms. The van der Waals surface area contributed by atoms with Crippen LogP contribution in [-0.4, -0.2) is 36.1 Å². The predicted molar refractivity (Wildman–Crippen MR) is 91.9 cm³/mol. The van der Waals surface area contributed by atoms with Crippen LogP contribution in [0.15, 0.2) is 54.6 Å². The molecule has 0 saturated heterocycles. The normalized spacial score (nSPS) is 12.2. The number of aliphatic hydroxyl groups is 1. The summed E-state index contributed by atoms with van der Waals surface area (Å²) in [7, 11) is 1.91. The Morgan fingerprint density at radius 1 is 1.13 bits per heavy atom. The lowest BCUT2D eigenvalue weighted by molar-refractivity contribution is -0.122. The molecule has 0 fully saturated rings. The fourth-order valence-electron chi connectivity index (χ4n) is 2.37. The number of likely N-dealkylation sites (N-methyl/N-ethyl adjacent to an activating group) is 1. The molecule has 0 saturated carbocycles. The summed E-state index contributed by atoms with van der Waals surface area (Å²) in [5, 5.41) is 12.9. The Bertz CT molecular complexity index is 611. The van der Waals surface area contributed by atoms with E-state index < -0.39 is 6.10 Å². The Kier molecular flexibility index (Phi) is 6.32. The average Bonchev–Trinajstić information content (AvgIpc) is 2.54. The standard InChI is InChI=1S/C19H24N2O2/c1-15-8-10-17(11-9-15)18(22)12-20-19(23)14-21(2)13-16-6-4-3-5-7-16/h3-11,18,22H,12-14H2,1-2H3,(H,20,23). The third-order valence-electron chi connectivity index (χ3n) is 3.66. The van der Waals surface area contributed by atoms with Gasteiger partial charge in [-0.25, -0.2) is 0 Å². The number of aryl methyl sites for hydroxylation is 1. The van der Waals surface area contributed by atoms with Crippen LogP contribution >= 0.6 is 0 Å². The molecular formula is C19H24N2O2. The zero-order valence-electron chi connectivity index (χ0n) is 13.7. The number of carbonyl (C=O) groups is 1. The van der Waals surface area contributed by atoms with E-state index in [0.29, 0.717) is 6.54 Å².